The molecule has 0 unspecified atom stereocenters. The Morgan fingerprint density at radius 3 is 2.31 bits per heavy atom. The Balaban J connectivity index is 1.72. The number of carbonyl (C=O) groups excluding carboxylic acids is 1. The highest BCUT2D eigenvalue weighted by molar-refractivity contribution is 7.91. The second-order valence-electron chi connectivity index (χ2n) is 5.81. The zero-order valence-corrected chi connectivity index (χ0v) is 16.1. The normalized spacial score (nSPS) is 16.1. The Morgan fingerprint density at radius 1 is 1.12 bits per heavy atom. The van der Waals surface area contributed by atoms with Gasteiger partial charge in [0.2, 0.25) is 0 Å². The van der Waals surface area contributed by atoms with Crippen LogP contribution in [0, 0.1) is 18.6 Å². The van der Waals surface area contributed by atoms with Crippen LogP contribution in [0.1, 0.15) is 15.2 Å². The monoisotopic (exact) mass is 420 g/mol. The first-order chi connectivity index (χ1) is 12.2. The Labute approximate surface area is 158 Å². The molecule has 0 atom stereocenters. The molecule has 26 heavy (non-hydrogen) atoms. The van der Waals surface area contributed by atoms with Crippen LogP contribution in [0.3, 0.4) is 0 Å². The van der Waals surface area contributed by atoms with Gasteiger partial charge in [-0.3, -0.25) is 4.79 Å². The van der Waals surface area contributed by atoms with Gasteiger partial charge < -0.3 is 4.90 Å². The number of hydrogen-bond donors (Lipinski definition) is 0. The number of nitrogens with zero attached hydrogens (tertiary/aromatic N) is 2. The molecule has 10 heteroatoms. The molecule has 2 aromatic rings. The highest BCUT2D eigenvalue weighted by atomic mass is 35.5. The molecule has 0 saturated carbocycles. The molecule has 0 spiro atoms. The maximum absolute atomic E-state index is 13.4. The lowest BCUT2D eigenvalue weighted by atomic mass is 10.1. The topological polar surface area (TPSA) is 57.7 Å². The maximum Gasteiger partial charge on any atom is 0.255 e. The molecule has 1 saturated heterocycles. The quantitative estimate of drug-likeness (QED) is 0.717. The smallest absolute Gasteiger partial charge is 0.255 e. The highest BCUT2D eigenvalue weighted by Crippen LogP contribution is 2.26. The molecule has 140 valence electrons. The third-order valence-electron chi connectivity index (χ3n) is 4.08. The lowest BCUT2D eigenvalue weighted by molar-refractivity contribution is 0.0697. The minimum atomic E-state index is -3.60. The summed E-state index contributed by atoms with van der Waals surface area (Å²) in [6, 6.07) is 4.82. The first-order valence-corrected chi connectivity index (χ1v) is 10.3. The van der Waals surface area contributed by atoms with E-state index in [1.54, 1.807) is 12.1 Å². The van der Waals surface area contributed by atoms with Gasteiger partial charge in [-0.2, -0.15) is 4.31 Å². The van der Waals surface area contributed by atoms with Gasteiger partial charge in [0.15, 0.2) is 11.6 Å². The predicted octanol–water partition coefficient (Wildman–Crippen LogP) is 3.13. The molecule has 1 aromatic carbocycles. The third-order valence-corrected chi connectivity index (χ3v) is 7.76. The van der Waals surface area contributed by atoms with Gasteiger partial charge >= 0.3 is 0 Å². The zero-order valence-electron chi connectivity index (χ0n) is 13.7. The average Bonchev–Trinajstić information content (AvgIpc) is 3.05. The van der Waals surface area contributed by atoms with Gasteiger partial charge in [-0.05, 0) is 31.2 Å². The van der Waals surface area contributed by atoms with Crippen molar-refractivity contribution in [3.05, 3.63) is 51.4 Å². The molecule has 0 radical (unpaired) electrons. The van der Waals surface area contributed by atoms with E-state index < -0.39 is 27.6 Å². The largest absolute Gasteiger partial charge is 0.336 e. The number of halogens is 3. The van der Waals surface area contributed by atoms with Gasteiger partial charge in [-0.1, -0.05) is 11.6 Å². The predicted molar refractivity (Wildman–Crippen MR) is 95.1 cm³/mol. The fraction of sp³-hybridized carbons (Fsp3) is 0.312. The number of carbonyl (C=O) groups is 1. The van der Waals surface area contributed by atoms with Crippen LogP contribution >= 0.6 is 22.9 Å². The molecular weight excluding hydrogens is 406 g/mol. The molecule has 0 N–H and O–H groups in total. The number of sulfonamides is 1. The lowest BCUT2D eigenvalue weighted by Crippen LogP contribution is -2.50. The Hall–Kier alpha value is -1.55. The minimum Gasteiger partial charge on any atom is -0.336 e. The van der Waals surface area contributed by atoms with E-state index in [1.165, 1.54) is 20.5 Å². The van der Waals surface area contributed by atoms with Crippen LogP contribution in [0.5, 0.6) is 0 Å². The molecule has 2 heterocycles. The summed E-state index contributed by atoms with van der Waals surface area (Å²) in [7, 11) is -3.60. The van der Waals surface area contributed by atoms with Crippen LogP contribution in [0.2, 0.25) is 5.02 Å². The summed E-state index contributed by atoms with van der Waals surface area (Å²) < 4.78 is 53.3. The van der Waals surface area contributed by atoms with Crippen molar-refractivity contribution < 1.29 is 22.0 Å². The summed E-state index contributed by atoms with van der Waals surface area (Å²) >= 11 is 7.03. The van der Waals surface area contributed by atoms with Crippen molar-refractivity contribution >= 4 is 38.9 Å². The second-order valence-corrected chi connectivity index (χ2v) is 9.67. The van der Waals surface area contributed by atoms with Crippen LogP contribution in [-0.2, 0) is 10.0 Å². The van der Waals surface area contributed by atoms with E-state index in [2.05, 4.69) is 0 Å². The number of benzene rings is 1. The van der Waals surface area contributed by atoms with Crippen LogP contribution < -0.4 is 0 Å². The molecule has 1 aliphatic heterocycles. The summed E-state index contributed by atoms with van der Waals surface area (Å²) in [4.78, 5) is 14.8. The fourth-order valence-corrected chi connectivity index (χ4v) is 5.76. The Bertz CT molecular complexity index is 954. The van der Waals surface area contributed by atoms with Crippen molar-refractivity contribution in [2.24, 2.45) is 0 Å². The van der Waals surface area contributed by atoms with Crippen molar-refractivity contribution in [2.45, 2.75) is 11.1 Å². The van der Waals surface area contributed by atoms with Gasteiger partial charge in [-0.25, -0.2) is 17.2 Å². The van der Waals surface area contributed by atoms with E-state index in [1.807, 2.05) is 6.92 Å². The molecule has 3 rings (SSSR count). The SMILES string of the molecule is Cc1ccc(S(=O)(=O)N2CCN(C(=O)c3cc(F)c(F)cc3Cl)CC2)s1. The average molecular weight is 421 g/mol. The van der Waals surface area contributed by atoms with E-state index in [-0.39, 0.29) is 41.0 Å². The molecule has 0 aliphatic carbocycles. The van der Waals surface area contributed by atoms with Crippen molar-refractivity contribution in [2.75, 3.05) is 26.2 Å². The number of amides is 1. The number of thiophene rings is 1. The van der Waals surface area contributed by atoms with Gasteiger partial charge in [0.1, 0.15) is 4.21 Å². The second kappa shape index (κ2) is 7.22. The standard InChI is InChI=1S/C16H15ClF2N2O3S2/c1-10-2-3-15(25-10)26(23,24)21-6-4-20(5-7-21)16(22)11-8-13(18)14(19)9-12(11)17/h2-3,8-9H,4-7H2,1H3. The van der Waals surface area contributed by atoms with E-state index >= 15 is 0 Å². The molecule has 1 aliphatic rings. The van der Waals surface area contributed by atoms with Crippen molar-refractivity contribution in [3.8, 4) is 0 Å². The zero-order chi connectivity index (χ0) is 19.1. The van der Waals surface area contributed by atoms with Crippen LogP contribution in [0.25, 0.3) is 0 Å². The summed E-state index contributed by atoms with van der Waals surface area (Å²) in [6.45, 7) is 2.33. The number of aryl methyl sites for hydroxylation is 1. The summed E-state index contributed by atoms with van der Waals surface area (Å²) in [5.41, 5.74) is -0.143. The summed E-state index contributed by atoms with van der Waals surface area (Å²) in [6.07, 6.45) is 0. The highest BCUT2D eigenvalue weighted by Gasteiger charge is 2.32. The van der Waals surface area contributed by atoms with Crippen LogP contribution in [-0.4, -0.2) is 49.7 Å². The van der Waals surface area contributed by atoms with Crippen LogP contribution in [0.4, 0.5) is 8.78 Å². The Morgan fingerprint density at radius 2 is 1.73 bits per heavy atom. The van der Waals surface area contributed by atoms with E-state index in [9.17, 15) is 22.0 Å². The van der Waals surface area contributed by atoms with Crippen molar-refractivity contribution in [3.63, 3.8) is 0 Å². The molecule has 0 bridgehead atoms. The molecular formula is C16H15ClF2N2O3S2. The molecule has 1 amide bonds. The van der Waals surface area contributed by atoms with Crippen molar-refractivity contribution in [1.82, 2.24) is 9.21 Å². The Kier molecular flexibility index (Phi) is 5.34. The van der Waals surface area contributed by atoms with Crippen molar-refractivity contribution in [1.29, 1.82) is 0 Å². The van der Waals surface area contributed by atoms with Crippen LogP contribution in [0.15, 0.2) is 28.5 Å². The maximum atomic E-state index is 13.4. The van der Waals surface area contributed by atoms with E-state index in [0.717, 1.165) is 17.0 Å². The summed E-state index contributed by atoms with van der Waals surface area (Å²) in [5.74, 6) is -2.85. The molecule has 1 fully saturated rings. The molecule has 1 aromatic heterocycles. The third kappa shape index (κ3) is 3.62. The molecule has 5 nitrogen and oxygen atoms in total. The minimum absolute atomic E-state index is 0.117. The lowest BCUT2D eigenvalue weighted by Gasteiger charge is -2.33. The van der Waals surface area contributed by atoms with Gasteiger partial charge in [-0.15, -0.1) is 11.3 Å². The summed E-state index contributed by atoms with van der Waals surface area (Å²) in [5, 5.41) is -0.182. The first-order valence-electron chi connectivity index (χ1n) is 7.70. The number of rotatable bonds is 3. The van der Waals surface area contributed by atoms with Gasteiger partial charge in [0.25, 0.3) is 15.9 Å². The van der Waals surface area contributed by atoms with Gasteiger partial charge in [0.05, 0.1) is 10.6 Å². The number of hydrogen-bond acceptors (Lipinski definition) is 4. The first kappa shape index (κ1) is 19.2. The van der Waals surface area contributed by atoms with E-state index in [0.29, 0.717) is 0 Å². The van der Waals surface area contributed by atoms with Gasteiger partial charge in [0, 0.05) is 31.1 Å². The fourth-order valence-electron chi connectivity index (χ4n) is 2.67. The van der Waals surface area contributed by atoms with E-state index in [4.69, 9.17) is 11.6 Å². The number of piperazine rings is 1.